The lowest BCUT2D eigenvalue weighted by atomic mass is 9.94. The van der Waals surface area contributed by atoms with Crippen molar-refractivity contribution in [2.24, 2.45) is 11.0 Å². The minimum absolute atomic E-state index is 0.173. The summed E-state index contributed by atoms with van der Waals surface area (Å²) in [6.07, 6.45) is -0.242. The second-order valence-electron chi connectivity index (χ2n) is 5.73. The second kappa shape index (κ2) is 8.11. The number of nitrogens with zero attached hydrogens (tertiary/aromatic N) is 4. The molecule has 0 spiro atoms. The molecule has 0 radical (unpaired) electrons. The predicted octanol–water partition coefficient (Wildman–Crippen LogP) is 0.536. The van der Waals surface area contributed by atoms with Crippen LogP contribution in [0.5, 0.6) is 0 Å². The molecule has 24 heavy (non-hydrogen) atoms. The average molecular weight is 339 g/mol. The fraction of sp³-hybridized carbons (Fsp3) is 0.714. The summed E-state index contributed by atoms with van der Waals surface area (Å²) in [4.78, 5) is 28.0. The van der Waals surface area contributed by atoms with Crippen molar-refractivity contribution in [3.63, 3.8) is 0 Å². The smallest absolute Gasteiger partial charge is 0.330 e. The maximum Gasteiger partial charge on any atom is 0.330 e. The van der Waals surface area contributed by atoms with E-state index in [1.807, 2.05) is 6.92 Å². The Kier molecular flexibility index (Phi) is 6.16. The third-order valence-corrected chi connectivity index (χ3v) is 4.21. The van der Waals surface area contributed by atoms with Gasteiger partial charge in [0.05, 0.1) is 12.2 Å². The zero-order chi connectivity index (χ0) is 17.7. The molecule has 1 aromatic rings. The zero-order valence-electron chi connectivity index (χ0n) is 13.5. The Hall–Kier alpha value is -2.13. The van der Waals surface area contributed by atoms with Gasteiger partial charge >= 0.3 is 5.69 Å². The van der Waals surface area contributed by atoms with Crippen molar-refractivity contribution >= 4 is 0 Å². The largest absolute Gasteiger partial charge is 0.390 e. The summed E-state index contributed by atoms with van der Waals surface area (Å²) >= 11 is 0. The minimum atomic E-state index is -0.782. The van der Waals surface area contributed by atoms with E-state index in [0.29, 0.717) is 19.4 Å². The van der Waals surface area contributed by atoms with Crippen molar-refractivity contribution in [1.29, 1.82) is 0 Å². The van der Waals surface area contributed by atoms with E-state index in [2.05, 4.69) is 15.0 Å². The number of hydrogen-bond donors (Lipinski definition) is 2. The van der Waals surface area contributed by atoms with E-state index in [4.69, 9.17) is 15.0 Å². The Balaban J connectivity index is 2.15. The number of azide groups is 1. The number of rotatable bonds is 7. The topological polar surface area (TPSA) is 142 Å². The second-order valence-corrected chi connectivity index (χ2v) is 5.73. The van der Waals surface area contributed by atoms with E-state index in [9.17, 15) is 14.7 Å². The molecule has 5 atom stereocenters. The van der Waals surface area contributed by atoms with Crippen LogP contribution in [0, 0.1) is 5.92 Å². The molecule has 0 aliphatic carbocycles. The highest BCUT2D eigenvalue weighted by Crippen LogP contribution is 2.37. The standard InChI is InChI=1S/C14H21N5O5/c1-8-11(9(20)4-3-6-16-18-15)24-13(12(8)23-2)19-7-5-10(21)17-14(19)22/h5,7-9,11-13,20H,3-4,6H2,1-2H3,(H,17,21,22)/t8?,9-,11+,12+,13-/m1/s1. The van der Waals surface area contributed by atoms with Gasteiger partial charge in [0.2, 0.25) is 0 Å². The van der Waals surface area contributed by atoms with Gasteiger partial charge in [-0.25, -0.2) is 4.79 Å². The van der Waals surface area contributed by atoms with Gasteiger partial charge in [-0.3, -0.25) is 14.3 Å². The van der Waals surface area contributed by atoms with Crippen molar-refractivity contribution in [3.8, 4) is 0 Å². The molecular weight excluding hydrogens is 318 g/mol. The van der Waals surface area contributed by atoms with Gasteiger partial charge in [-0.1, -0.05) is 12.0 Å². The number of aliphatic hydroxyl groups excluding tert-OH is 1. The van der Waals surface area contributed by atoms with Crippen LogP contribution in [-0.2, 0) is 9.47 Å². The van der Waals surface area contributed by atoms with Crippen molar-refractivity contribution in [3.05, 3.63) is 43.5 Å². The van der Waals surface area contributed by atoms with Gasteiger partial charge < -0.3 is 14.6 Å². The summed E-state index contributed by atoms with van der Waals surface area (Å²) in [5.41, 5.74) is 7.16. The molecule has 0 amide bonds. The van der Waals surface area contributed by atoms with E-state index in [1.54, 1.807) is 0 Å². The molecule has 0 aromatic carbocycles. The Morgan fingerprint density at radius 1 is 1.58 bits per heavy atom. The number of aromatic nitrogens is 2. The number of methoxy groups -OCH3 is 1. The third kappa shape index (κ3) is 3.85. The van der Waals surface area contributed by atoms with Gasteiger partial charge in [0.1, 0.15) is 6.10 Å². The molecule has 1 fully saturated rings. The lowest BCUT2D eigenvalue weighted by Gasteiger charge is -2.22. The average Bonchev–Trinajstić information content (AvgIpc) is 2.88. The van der Waals surface area contributed by atoms with Crippen molar-refractivity contribution in [1.82, 2.24) is 9.55 Å². The molecule has 1 aliphatic heterocycles. The first-order valence-corrected chi connectivity index (χ1v) is 7.68. The summed E-state index contributed by atoms with van der Waals surface area (Å²) in [5.74, 6) is -0.173. The minimum Gasteiger partial charge on any atom is -0.390 e. The fourth-order valence-corrected chi connectivity index (χ4v) is 3.01. The third-order valence-electron chi connectivity index (χ3n) is 4.21. The van der Waals surface area contributed by atoms with Gasteiger partial charge in [0, 0.05) is 36.7 Å². The van der Waals surface area contributed by atoms with Crippen LogP contribution in [0.1, 0.15) is 26.0 Å². The van der Waals surface area contributed by atoms with Crippen LogP contribution in [0.2, 0.25) is 0 Å². The Labute approximate surface area is 137 Å². The van der Waals surface area contributed by atoms with Crippen LogP contribution in [-0.4, -0.2) is 46.6 Å². The molecular formula is C14H21N5O5. The van der Waals surface area contributed by atoms with E-state index >= 15 is 0 Å². The number of ether oxygens (including phenoxy) is 2. The van der Waals surface area contributed by atoms with Crippen LogP contribution in [0.25, 0.3) is 10.4 Å². The van der Waals surface area contributed by atoms with Crippen LogP contribution < -0.4 is 11.2 Å². The molecule has 10 nitrogen and oxygen atoms in total. The SMILES string of the molecule is CO[C@H]1C(C)[C@@H]([C@H](O)CCCN=[N+]=[N-])O[C@H]1n1ccc(=O)[nH]c1=O. The molecule has 1 unspecified atom stereocenters. The molecule has 2 rings (SSSR count). The normalized spacial score (nSPS) is 27.6. The number of hydrogen-bond acceptors (Lipinski definition) is 6. The lowest BCUT2D eigenvalue weighted by Crippen LogP contribution is -2.36. The number of aromatic amines is 1. The quantitative estimate of drug-likeness (QED) is 0.322. The monoisotopic (exact) mass is 339 g/mol. The molecule has 0 bridgehead atoms. The zero-order valence-corrected chi connectivity index (χ0v) is 13.5. The molecule has 0 saturated carbocycles. The number of nitrogens with one attached hydrogen (secondary N) is 1. The molecule has 132 valence electrons. The summed E-state index contributed by atoms with van der Waals surface area (Å²) < 4.78 is 12.6. The first kappa shape index (κ1) is 18.2. The Bertz CT molecular complexity index is 710. The molecule has 10 heteroatoms. The summed E-state index contributed by atoms with van der Waals surface area (Å²) in [5, 5.41) is 13.8. The highest BCUT2D eigenvalue weighted by atomic mass is 16.6. The first-order valence-electron chi connectivity index (χ1n) is 7.68. The summed E-state index contributed by atoms with van der Waals surface area (Å²) in [6, 6.07) is 1.23. The first-order chi connectivity index (χ1) is 11.5. The van der Waals surface area contributed by atoms with Crippen LogP contribution in [0.15, 0.2) is 27.0 Å². The van der Waals surface area contributed by atoms with Crippen molar-refractivity contribution < 1.29 is 14.6 Å². The molecule has 1 aromatic heterocycles. The van der Waals surface area contributed by atoms with Gasteiger partial charge in [-0.15, -0.1) is 0 Å². The van der Waals surface area contributed by atoms with Crippen LogP contribution in [0.3, 0.4) is 0 Å². The van der Waals surface area contributed by atoms with E-state index in [1.165, 1.54) is 23.9 Å². The Morgan fingerprint density at radius 2 is 2.33 bits per heavy atom. The summed E-state index contributed by atoms with van der Waals surface area (Å²) in [7, 11) is 1.50. The number of H-pyrrole nitrogens is 1. The highest BCUT2D eigenvalue weighted by molar-refractivity contribution is 4.94. The van der Waals surface area contributed by atoms with Gasteiger partial charge in [-0.05, 0) is 18.4 Å². The van der Waals surface area contributed by atoms with E-state index < -0.39 is 35.8 Å². The van der Waals surface area contributed by atoms with E-state index in [0.717, 1.165) is 0 Å². The lowest BCUT2D eigenvalue weighted by molar-refractivity contribution is -0.0856. The van der Waals surface area contributed by atoms with Gasteiger partial charge in [0.15, 0.2) is 6.23 Å². The maximum atomic E-state index is 12.0. The van der Waals surface area contributed by atoms with Gasteiger partial charge in [0.25, 0.3) is 5.56 Å². The van der Waals surface area contributed by atoms with Crippen LogP contribution >= 0.6 is 0 Å². The fourth-order valence-electron chi connectivity index (χ4n) is 3.01. The maximum absolute atomic E-state index is 12.0. The Morgan fingerprint density at radius 3 is 2.96 bits per heavy atom. The molecule has 2 heterocycles. The van der Waals surface area contributed by atoms with E-state index in [-0.39, 0.29) is 5.92 Å². The predicted molar refractivity (Wildman–Crippen MR) is 84.4 cm³/mol. The summed E-state index contributed by atoms with van der Waals surface area (Å²) in [6.45, 7) is 2.16. The van der Waals surface area contributed by atoms with Crippen LogP contribution in [0.4, 0.5) is 0 Å². The number of aliphatic hydroxyl groups is 1. The highest BCUT2D eigenvalue weighted by Gasteiger charge is 2.46. The molecule has 1 aliphatic rings. The molecule has 1 saturated heterocycles. The van der Waals surface area contributed by atoms with Crippen molar-refractivity contribution in [2.75, 3.05) is 13.7 Å². The molecule has 2 N–H and O–H groups in total. The van der Waals surface area contributed by atoms with Gasteiger partial charge in [-0.2, -0.15) is 0 Å². The van der Waals surface area contributed by atoms with Crippen molar-refractivity contribution in [2.45, 2.75) is 44.3 Å².